The minimum atomic E-state index is -0.0882. The first-order valence-electron chi connectivity index (χ1n) is 8.70. The van der Waals surface area contributed by atoms with Crippen LogP contribution >= 0.6 is 0 Å². The van der Waals surface area contributed by atoms with E-state index in [1.807, 2.05) is 24.3 Å². The van der Waals surface area contributed by atoms with E-state index in [1.54, 1.807) is 0 Å². The summed E-state index contributed by atoms with van der Waals surface area (Å²) >= 11 is 0. The Morgan fingerprint density at radius 3 is 2.54 bits per heavy atom. The van der Waals surface area contributed by atoms with E-state index in [0.717, 1.165) is 43.6 Å². The molecule has 1 aromatic rings. The summed E-state index contributed by atoms with van der Waals surface area (Å²) in [6.45, 7) is 12.7. The Morgan fingerprint density at radius 2 is 1.92 bits per heavy atom. The van der Waals surface area contributed by atoms with Crippen molar-refractivity contribution in [2.75, 3.05) is 19.6 Å². The Morgan fingerprint density at radius 1 is 1.21 bits per heavy atom. The van der Waals surface area contributed by atoms with Crippen molar-refractivity contribution in [2.24, 2.45) is 5.16 Å². The lowest BCUT2D eigenvalue weighted by atomic mass is 9.85. The third-order valence-electron chi connectivity index (χ3n) is 5.01. The van der Waals surface area contributed by atoms with Gasteiger partial charge in [0, 0.05) is 32.4 Å². The molecule has 0 bridgehead atoms. The molecule has 2 aliphatic heterocycles. The number of piperidine rings is 1. The Balaban J connectivity index is 0.00000208. The number of hydrogen-bond acceptors (Lipinski definition) is 3. The molecular weight excluding hydrogens is 298 g/mol. The molecule has 2 heterocycles. The molecule has 0 atom stereocenters. The molecule has 1 saturated heterocycles. The molecule has 0 unspecified atom stereocenters. The highest BCUT2D eigenvalue weighted by molar-refractivity contribution is 6.01. The van der Waals surface area contributed by atoms with Crippen molar-refractivity contribution in [1.29, 1.82) is 0 Å². The van der Waals surface area contributed by atoms with Gasteiger partial charge in [-0.25, -0.2) is 4.85 Å². The van der Waals surface area contributed by atoms with Crippen molar-refractivity contribution >= 4 is 11.4 Å². The van der Waals surface area contributed by atoms with E-state index < -0.39 is 0 Å². The average Bonchev–Trinajstić information content (AvgIpc) is 3.01. The van der Waals surface area contributed by atoms with Gasteiger partial charge in [-0.05, 0) is 18.5 Å². The third kappa shape index (κ3) is 4.15. The fourth-order valence-corrected chi connectivity index (χ4v) is 3.44. The summed E-state index contributed by atoms with van der Waals surface area (Å²) in [6, 6.07) is 7.67. The van der Waals surface area contributed by atoms with Crippen molar-refractivity contribution in [3.05, 3.63) is 41.2 Å². The predicted octanol–water partition coefficient (Wildman–Crippen LogP) is 5.02. The second-order valence-electron chi connectivity index (χ2n) is 6.70. The van der Waals surface area contributed by atoms with Crippen molar-refractivity contribution in [2.45, 2.75) is 58.5 Å². The zero-order valence-electron chi connectivity index (χ0n) is 13.9. The molecule has 130 valence electrons. The number of nitrogens with zero attached hydrogens (tertiary/aromatic N) is 3. The van der Waals surface area contributed by atoms with E-state index >= 15 is 0 Å². The van der Waals surface area contributed by atoms with Gasteiger partial charge in [0.15, 0.2) is 5.69 Å². The topological polar surface area (TPSA) is 29.2 Å². The van der Waals surface area contributed by atoms with Crippen molar-refractivity contribution < 1.29 is 4.84 Å². The fraction of sp³-hybridized carbons (Fsp3) is 0.600. The number of hydrogen-bond donors (Lipinski definition) is 0. The lowest BCUT2D eigenvalue weighted by Crippen LogP contribution is -2.44. The van der Waals surface area contributed by atoms with Crippen LogP contribution in [0.5, 0.6) is 0 Å². The van der Waals surface area contributed by atoms with Crippen LogP contribution in [-0.4, -0.2) is 35.8 Å². The highest BCUT2D eigenvalue weighted by atomic mass is 16.7. The minimum Gasteiger partial charge on any atom is -0.388 e. The predicted molar refractivity (Wildman–Crippen MR) is 99.6 cm³/mol. The largest absolute Gasteiger partial charge is 0.388 e. The molecule has 0 radical (unpaired) electrons. The monoisotopic (exact) mass is 327 g/mol. The molecule has 0 aliphatic carbocycles. The maximum Gasteiger partial charge on any atom is 0.187 e. The smallest absolute Gasteiger partial charge is 0.187 e. The first-order chi connectivity index (χ1) is 11.2. The summed E-state index contributed by atoms with van der Waals surface area (Å²) in [5.41, 5.74) is 2.69. The van der Waals surface area contributed by atoms with Crippen LogP contribution in [0.25, 0.3) is 4.85 Å². The van der Waals surface area contributed by atoms with E-state index in [1.165, 1.54) is 25.8 Å². The van der Waals surface area contributed by atoms with Gasteiger partial charge in [-0.3, -0.25) is 0 Å². The summed E-state index contributed by atoms with van der Waals surface area (Å²) in [6.07, 6.45) is 6.93. The lowest BCUT2D eigenvalue weighted by Gasteiger charge is -2.37. The average molecular weight is 327 g/mol. The number of rotatable bonds is 5. The van der Waals surface area contributed by atoms with Crippen LogP contribution in [0, 0.1) is 6.57 Å². The van der Waals surface area contributed by atoms with Crippen molar-refractivity contribution in [3.8, 4) is 0 Å². The number of oxime groups is 1. The van der Waals surface area contributed by atoms with Crippen LogP contribution in [0.1, 0.15) is 58.4 Å². The number of likely N-dealkylation sites (tertiary alicyclic amines) is 1. The van der Waals surface area contributed by atoms with Crippen LogP contribution in [-0.2, 0) is 4.84 Å². The van der Waals surface area contributed by atoms with E-state index in [9.17, 15) is 0 Å². The first-order valence-corrected chi connectivity index (χ1v) is 8.70. The van der Waals surface area contributed by atoms with Gasteiger partial charge < -0.3 is 9.74 Å². The SMILES string of the molecule is C.[C-]#[N+]c1ccc(C2=NOC3(CCN(CCCCC)CC3)C2)cc1. The molecule has 0 saturated carbocycles. The quantitative estimate of drug-likeness (QED) is 0.561. The second kappa shape index (κ2) is 8.30. The summed E-state index contributed by atoms with van der Waals surface area (Å²) in [5, 5.41) is 4.36. The van der Waals surface area contributed by atoms with Crippen LogP contribution in [0.2, 0.25) is 0 Å². The molecule has 24 heavy (non-hydrogen) atoms. The third-order valence-corrected chi connectivity index (χ3v) is 5.01. The molecule has 1 spiro atoms. The Hall–Kier alpha value is -1.86. The molecule has 0 N–H and O–H groups in total. The summed E-state index contributed by atoms with van der Waals surface area (Å²) in [4.78, 5) is 11.9. The first kappa shape index (κ1) is 18.5. The van der Waals surface area contributed by atoms with Crippen LogP contribution < -0.4 is 0 Å². The van der Waals surface area contributed by atoms with Crippen molar-refractivity contribution in [3.63, 3.8) is 0 Å². The molecule has 0 aromatic heterocycles. The maximum absolute atomic E-state index is 7.02. The Kier molecular flexibility index (Phi) is 6.39. The minimum absolute atomic E-state index is 0. The molecule has 0 amide bonds. The van der Waals surface area contributed by atoms with Gasteiger partial charge in [0.2, 0.25) is 0 Å². The van der Waals surface area contributed by atoms with Gasteiger partial charge in [-0.15, -0.1) is 0 Å². The molecule has 2 aliphatic rings. The Labute approximate surface area is 146 Å². The number of unbranched alkanes of at least 4 members (excludes halogenated alkanes) is 2. The lowest BCUT2D eigenvalue weighted by molar-refractivity contribution is -0.0615. The van der Waals surface area contributed by atoms with E-state index in [-0.39, 0.29) is 13.0 Å². The van der Waals surface area contributed by atoms with E-state index in [0.29, 0.717) is 5.69 Å². The summed E-state index contributed by atoms with van der Waals surface area (Å²) in [7, 11) is 0. The van der Waals surface area contributed by atoms with Gasteiger partial charge in [0.1, 0.15) is 5.60 Å². The molecular formula is C20H29N3O. The van der Waals surface area contributed by atoms with Gasteiger partial charge in [-0.2, -0.15) is 0 Å². The zero-order valence-corrected chi connectivity index (χ0v) is 13.9. The highest BCUT2D eigenvalue weighted by Gasteiger charge is 2.42. The standard InChI is InChI=1S/C19H25N3O.CH4/c1-3-4-5-12-22-13-10-19(11-14-22)15-18(21-23-19)16-6-8-17(20-2)9-7-16;/h6-9H,3-5,10-15H2,1H3;1H4. The fourth-order valence-electron chi connectivity index (χ4n) is 3.44. The molecule has 4 heteroatoms. The van der Waals surface area contributed by atoms with Gasteiger partial charge in [-0.1, -0.05) is 56.6 Å². The molecule has 4 nitrogen and oxygen atoms in total. The van der Waals surface area contributed by atoms with E-state index in [2.05, 4.69) is 21.8 Å². The molecule has 1 aromatic carbocycles. The van der Waals surface area contributed by atoms with Gasteiger partial charge in [0.25, 0.3) is 0 Å². The highest BCUT2D eigenvalue weighted by Crippen LogP contribution is 2.36. The van der Waals surface area contributed by atoms with E-state index in [4.69, 9.17) is 11.4 Å². The van der Waals surface area contributed by atoms with Crippen molar-refractivity contribution in [1.82, 2.24) is 4.90 Å². The maximum atomic E-state index is 7.02. The van der Waals surface area contributed by atoms with Gasteiger partial charge >= 0.3 is 0 Å². The summed E-state index contributed by atoms with van der Waals surface area (Å²) in [5.74, 6) is 0. The number of benzene rings is 1. The normalized spacial score (nSPS) is 19.2. The van der Waals surface area contributed by atoms with Crippen LogP contribution in [0.4, 0.5) is 5.69 Å². The second-order valence-corrected chi connectivity index (χ2v) is 6.70. The molecule has 3 rings (SSSR count). The van der Waals surface area contributed by atoms with Gasteiger partial charge in [0.05, 0.1) is 12.3 Å². The Bertz CT molecular complexity index is 592. The summed E-state index contributed by atoms with van der Waals surface area (Å²) < 4.78 is 0. The molecule has 1 fully saturated rings. The zero-order chi connectivity index (χ0) is 16.1. The van der Waals surface area contributed by atoms with Crippen LogP contribution in [0.3, 0.4) is 0 Å². The van der Waals surface area contributed by atoms with Crippen LogP contribution in [0.15, 0.2) is 29.4 Å².